The first-order chi connectivity index (χ1) is 13.5. The molecule has 0 radical (unpaired) electrons. The minimum Gasteiger partial charge on any atom is -0.394 e. The maximum absolute atomic E-state index is 12.3. The van der Waals surface area contributed by atoms with Crippen molar-refractivity contribution in [2.24, 2.45) is 0 Å². The van der Waals surface area contributed by atoms with Crippen LogP contribution in [0.25, 0.3) is 11.2 Å². The topological polar surface area (TPSA) is 181 Å². The summed E-state index contributed by atoms with van der Waals surface area (Å²) < 4.78 is 12.7. The lowest BCUT2D eigenvalue weighted by atomic mass is 10.1. The number of nitrogens with two attached hydrogens (primary N) is 1. The van der Waals surface area contributed by atoms with Crippen molar-refractivity contribution in [1.29, 1.82) is 0 Å². The van der Waals surface area contributed by atoms with Crippen molar-refractivity contribution < 1.29 is 24.8 Å². The maximum atomic E-state index is 12.3. The fraction of sp³-hybridized carbons (Fsp3) is 0.688. The predicted molar refractivity (Wildman–Crippen MR) is 97.7 cm³/mol. The highest BCUT2D eigenvalue weighted by Crippen LogP contribution is 2.34. The summed E-state index contributed by atoms with van der Waals surface area (Å²) >= 11 is 0. The van der Waals surface area contributed by atoms with E-state index in [-0.39, 0.29) is 29.2 Å². The highest BCUT2D eigenvalue weighted by Gasteiger charge is 2.45. The van der Waals surface area contributed by atoms with Crippen LogP contribution in [0, 0.1) is 0 Å². The second-order valence-corrected chi connectivity index (χ2v) is 7.03. The molecule has 2 aromatic heterocycles. The average Bonchev–Trinajstić information content (AvgIpc) is 3.18. The highest BCUT2D eigenvalue weighted by atomic mass is 16.6. The largest absolute Gasteiger partial charge is 0.394 e. The van der Waals surface area contributed by atoms with Gasteiger partial charge in [-0.3, -0.25) is 14.3 Å². The smallest absolute Gasteiger partial charge is 0.280 e. The van der Waals surface area contributed by atoms with Crippen molar-refractivity contribution in [1.82, 2.24) is 19.5 Å². The number of rotatable bonds is 5. The Morgan fingerprint density at radius 2 is 2.11 bits per heavy atom. The molecule has 154 valence electrons. The van der Waals surface area contributed by atoms with Crippen molar-refractivity contribution in [2.45, 2.75) is 49.9 Å². The van der Waals surface area contributed by atoms with Gasteiger partial charge in [-0.1, -0.05) is 0 Å². The summed E-state index contributed by atoms with van der Waals surface area (Å²) in [6.07, 6.45) is -1.78. The Balaban J connectivity index is 1.72. The second kappa shape index (κ2) is 7.64. The SMILES string of the molecule is Nc1nc2c(nc(NCC3CCCCO3)n2[C@@H]2O[C@H](CO)[C@@H](O)[C@H]2O)c(=O)[nH]1. The van der Waals surface area contributed by atoms with Gasteiger partial charge >= 0.3 is 0 Å². The van der Waals surface area contributed by atoms with E-state index >= 15 is 0 Å². The number of aliphatic hydroxyl groups excluding tert-OH is 3. The van der Waals surface area contributed by atoms with Crippen LogP contribution in [0.1, 0.15) is 25.5 Å². The summed E-state index contributed by atoms with van der Waals surface area (Å²) in [6.45, 7) is 0.650. The van der Waals surface area contributed by atoms with Gasteiger partial charge in [0.25, 0.3) is 5.56 Å². The molecule has 2 aliphatic rings. The number of hydrogen-bond acceptors (Lipinski definition) is 10. The molecular formula is C16H24N6O6. The first kappa shape index (κ1) is 19.1. The first-order valence-electron chi connectivity index (χ1n) is 9.25. The van der Waals surface area contributed by atoms with Crippen LogP contribution < -0.4 is 16.6 Å². The van der Waals surface area contributed by atoms with Crippen LogP contribution in [0.5, 0.6) is 0 Å². The van der Waals surface area contributed by atoms with Crippen molar-refractivity contribution in [3.63, 3.8) is 0 Å². The lowest BCUT2D eigenvalue weighted by molar-refractivity contribution is -0.0502. The Hall–Kier alpha value is -2.25. The number of imidazole rings is 1. The maximum Gasteiger partial charge on any atom is 0.280 e. The van der Waals surface area contributed by atoms with Crippen molar-refractivity contribution in [3.05, 3.63) is 10.4 Å². The second-order valence-electron chi connectivity index (χ2n) is 7.03. The highest BCUT2D eigenvalue weighted by molar-refractivity contribution is 5.74. The Kier molecular flexibility index (Phi) is 5.21. The molecule has 2 saturated heterocycles. The minimum absolute atomic E-state index is 0.0106. The summed E-state index contributed by atoms with van der Waals surface area (Å²) in [5.74, 6) is 0.107. The molecular weight excluding hydrogens is 372 g/mol. The molecule has 28 heavy (non-hydrogen) atoms. The zero-order valence-corrected chi connectivity index (χ0v) is 15.1. The predicted octanol–water partition coefficient (Wildman–Crippen LogP) is -1.71. The standard InChI is InChI=1S/C16H24N6O6/c17-15-20-12-9(13(26)21-15)19-16(18-5-7-3-1-2-4-27-7)22(12)14-11(25)10(24)8(6-23)28-14/h7-8,10-11,14,23-25H,1-6H2,(H,18,19)(H3,17,20,21,26)/t7?,8-,10-,11-,14-/m1/s1. The van der Waals surface area contributed by atoms with Crippen LogP contribution in [0.2, 0.25) is 0 Å². The molecule has 0 bridgehead atoms. The fourth-order valence-electron chi connectivity index (χ4n) is 3.63. The molecule has 2 fully saturated rings. The summed E-state index contributed by atoms with van der Waals surface area (Å²) in [5, 5.41) is 33.0. The van der Waals surface area contributed by atoms with E-state index in [2.05, 4.69) is 20.3 Å². The van der Waals surface area contributed by atoms with Crippen molar-refractivity contribution in [3.8, 4) is 0 Å². The number of fused-ring (bicyclic) bond motifs is 1. The van der Waals surface area contributed by atoms with E-state index in [0.29, 0.717) is 13.2 Å². The molecule has 0 spiro atoms. The number of aromatic nitrogens is 4. The summed E-state index contributed by atoms with van der Waals surface area (Å²) in [4.78, 5) is 23.1. The van der Waals surface area contributed by atoms with E-state index in [1.165, 1.54) is 4.57 Å². The van der Waals surface area contributed by atoms with Gasteiger partial charge < -0.3 is 35.8 Å². The lowest BCUT2D eigenvalue weighted by Crippen LogP contribution is -2.33. The molecule has 1 unspecified atom stereocenters. The Bertz CT molecular complexity index is 894. The quantitative estimate of drug-likeness (QED) is 0.341. The molecule has 7 N–H and O–H groups in total. The molecule has 12 heteroatoms. The van der Waals surface area contributed by atoms with Crippen LogP contribution >= 0.6 is 0 Å². The van der Waals surface area contributed by atoms with E-state index in [9.17, 15) is 20.1 Å². The van der Waals surface area contributed by atoms with Gasteiger partial charge in [0.2, 0.25) is 11.9 Å². The van der Waals surface area contributed by atoms with E-state index < -0.39 is 36.7 Å². The van der Waals surface area contributed by atoms with Crippen LogP contribution in [-0.4, -0.2) is 79.0 Å². The van der Waals surface area contributed by atoms with Gasteiger partial charge in [0, 0.05) is 13.2 Å². The Morgan fingerprint density at radius 1 is 1.29 bits per heavy atom. The summed E-state index contributed by atoms with van der Waals surface area (Å²) in [5.41, 5.74) is 5.24. The monoisotopic (exact) mass is 396 g/mol. The molecule has 2 aromatic rings. The first-order valence-corrected chi connectivity index (χ1v) is 9.25. The molecule has 0 saturated carbocycles. The molecule has 4 rings (SSSR count). The normalized spacial score (nSPS) is 30.8. The number of nitrogens with one attached hydrogen (secondary N) is 2. The Morgan fingerprint density at radius 3 is 2.79 bits per heavy atom. The van der Waals surface area contributed by atoms with Crippen LogP contribution in [0.15, 0.2) is 4.79 Å². The molecule has 4 heterocycles. The summed E-state index contributed by atoms with van der Waals surface area (Å²) in [7, 11) is 0. The number of anilines is 2. The van der Waals surface area contributed by atoms with E-state index in [0.717, 1.165) is 19.3 Å². The number of ether oxygens (including phenoxy) is 2. The van der Waals surface area contributed by atoms with Gasteiger partial charge in [-0.15, -0.1) is 0 Å². The molecule has 0 amide bonds. The zero-order valence-electron chi connectivity index (χ0n) is 15.1. The molecule has 0 aromatic carbocycles. The van der Waals surface area contributed by atoms with Crippen molar-refractivity contribution >= 4 is 23.1 Å². The number of aromatic amines is 1. The van der Waals surface area contributed by atoms with Gasteiger partial charge in [-0.25, -0.2) is 4.98 Å². The van der Waals surface area contributed by atoms with Crippen LogP contribution in [0.4, 0.5) is 11.9 Å². The lowest BCUT2D eigenvalue weighted by Gasteiger charge is -2.24. The van der Waals surface area contributed by atoms with Crippen molar-refractivity contribution in [2.75, 3.05) is 30.8 Å². The number of hydrogen-bond donors (Lipinski definition) is 6. The third-order valence-electron chi connectivity index (χ3n) is 5.10. The van der Waals surface area contributed by atoms with E-state index in [1.54, 1.807) is 0 Å². The van der Waals surface area contributed by atoms with E-state index in [4.69, 9.17) is 15.2 Å². The van der Waals surface area contributed by atoms with Gasteiger partial charge in [-0.05, 0) is 19.3 Å². The van der Waals surface area contributed by atoms with Gasteiger partial charge in [-0.2, -0.15) is 4.98 Å². The zero-order chi connectivity index (χ0) is 19.8. The number of nitrogens with zero attached hydrogens (tertiary/aromatic N) is 3. The van der Waals surface area contributed by atoms with Crippen LogP contribution in [0.3, 0.4) is 0 Å². The number of aliphatic hydroxyl groups is 3. The minimum atomic E-state index is -1.36. The molecule has 12 nitrogen and oxygen atoms in total. The average molecular weight is 396 g/mol. The van der Waals surface area contributed by atoms with Gasteiger partial charge in [0.15, 0.2) is 17.4 Å². The fourth-order valence-corrected chi connectivity index (χ4v) is 3.63. The van der Waals surface area contributed by atoms with Crippen LogP contribution in [-0.2, 0) is 9.47 Å². The number of H-pyrrole nitrogens is 1. The molecule has 5 atom stereocenters. The molecule has 2 aliphatic heterocycles. The summed E-state index contributed by atoms with van der Waals surface area (Å²) in [6, 6.07) is 0. The Labute approximate surface area is 159 Å². The van der Waals surface area contributed by atoms with Gasteiger partial charge in [0.1, 0.15) is 18.3 Å². The third kappa shape index (κ3) is 3.33. The van der Waals surface area contributed by atoms with Gasteiger partial charge in [0.05, 0.1) is 12.7 Å². The number of nitrogen functional groups attached to an aromatic ring is 1. The van der Waals surface area contributed by atoms with E-state index in [1.807, 2.05) is 0 Å². The molecule has 0 aliphatic carbocycles. The third-order valence-corrected chi connectivity index (χ3v) is 5.10.